The van der Waals surface area contributed by atoms with Crippen molar-refractivity contribution in [2.75, 3.05) is 0 Å². The molecular formula is C13H17F2NO. The fraction of sp³-hybridized carbons (Fsp3) is 0.538. The van der Waals surface area contributed by atoms with Crippen molar-refractivity contribution in [2.24, 2.45) is 11.1 Å². The van der Waals surface area contributed by atoms with Crippen LogP contribution in [-0.4, -0.2) is 12.1 Å². The molecule has 0 radical (unpaired) electrons. The van der Waals surface area contributed by atoms with E-state index in [9.17, 15) is 8.78 Å². The summed E-state index contributed by atoms with van der Waals surface area (Å²) in [5, 5.41) is 0. The summed E-state index contributed by atoms with van der Waals surface area (Å²) in [6, 6.07) is 3.43. The van der Waals surface area contributed by atoms with Crippen LogP contribution in [0.3, 0.4) is 0 Å². The minimum Gasteiger partial charge on any atom is -0.487 e. The highest BCUT2D eigenvalue weighted by atomic mass is 19.1. The Kier molecular flexibility index (Phi) is 3.08. The summed E-state index contributed by atoms with van der Waals surface area (Å²) in [5.41, 5.74) is 5.82. The molecule has 94 valence electrons. The van der Waals surface area contributed by atoms with Crippen LogP contribution in [0.1, 0.15) is 26.7 Å². The first kappa shape index (κ1) is 12.3. The van der Waals surface area contributed by atoms with E-state index >= 15 is 0 Å². The van der Waals surface area contributed by atoms with Crippen LogP contribution in [0.25, 0.3) is 0 Å². The van der Waals surface area contributed by atoms with Crippen LogP contribution in [0.15, 0.2) is 18.2 Å². The van der Waals surface area contributed by atoms with Gasteiger partial charge in [-0.25, -0.2) is 8.78 Å². The molecule has 0 saturated heterocycles. The number of hydrogen-bond donors (Lipinski definition) is 1. The Bertz CT molecular complexity index is 424. The van der Waals surface area contributed by atoms with Crippen molar-refractivity contribution in [3.63, 3.8) is 0 Å². The van der Waals surface area contributed by atoms with Crippen molar-refractivity contribution in [1.29, 1.82) is 0 Å². The van der Waals surface area contributed by atoms with E-state index in [0.29, 0.717) is 6.42 Å². The molecule has 1 fully saturated rings. The third-order valence-corrected chi connectivity index (χ3v) is 3.98. The first-order valence-electron chi connectivity index (χ1n) is 5.84. The van der Waals surface area contributed by atoms with Gasteiger partial charge >= 0.3 is 0 Å². The van der Waals surface area contributed by atoms with Crippen LogP contribution in [-0.2, 0) is 0 Å². The molecule has 17 heavy (non-hydrogen) atoms. The van der Waals surface area contributed by atoms with Gasteiger partial charge in [-0.2, -0.15) is 0 Å². The fourth-order valence-corrected chi connectivity index (χ4v) is 2.24. The lowest BCUT2D eigenvalue weighted by molar-refractivity contribution is -0.0577. The van der Waals surface area contributed by atoms with Gasteiger partial charge in [0.05, 0.1) is 0 Å². The van der Waals surface area contributed by atoms with Gasteiger partial charge in [-0.15, -0.1) is 0 Å². The molecule has 1 aliphatic rings. The maximum atomic E-state index is 13.4. The third kappa shape index (κ3) is 2.02. The van der Waals surface area contributed by atoms with E-state index in [0.717, 1.165) is 12.5 Å². The van der Waals surface area contributed by atoms with Gasteiger partial charge in [0.2, 0.25) is 0 Å². The smallest absolute Gasteiger partial charge is 0.167 e. The molecule has 0 bridgehead atoms. The van der Waals surface area contributed by atoms with Gasteiger partial charge in [-0.1, -0.05) is 13.8 Å². The first-order chi connectivity index (χ1) is 7.97. The maximum absolute atomic E-state index is 13.4. The van der Waals surface area contributed by atoms with Crippen molar-refractivity contribution in [1.82, 2.24) is 0 Å². The Morgan fingerprint density at radius 1 is 1.47 bits per heavy atom. The highest BCUT2D eigenvalue weighted by Gasteiger charge is 2.50. The molecule has 2 nitrogen and oxygen atoms in total. The predicted molar refractivity (Wildman–Crippen MR) is 61.8 cm³/mol. The van der Waals surface area contributed by atoms with Crippen LogP contribution in [0, 0.1) is 17.0 Å². The zero-order chi connectivity index (χ0) is 12.6. The summed E-state index contributed by atoms with van der Waals surface area (Å²) in [5.74, 6) is -1.16. The molecule has 1 aromatic carbocycles. The molecule has 4 heteroatoms. The minimum absolute atomic E-state index is 0.0843. The normalized spacial score (nSPS) is 32.1. The topological polar surface area (TPSA) is 35.2 Å². The standard InChI is InChI=1S/C13H17F2NO/c1-3-13(2)11(16)7-12(13)17-10-5-4-8(14)6-9(10)15/h4-6,11-12H,3,7,16H2,1-2H3. The minimum atomic E-state index is -0.663. The monoisotopic (exact) mass is 241 g/mol. The Hall–Kier alpha value is -1.16. The fourth-order valence-electron chi connectivity index (χ4n) is 2.24. The average Bonchev–Trinajstić information content (AvgIpc) is 2.30. The number of nitrogens with two attached hydrogens (primary N) is 1. The lowest BCUT2D eigenvalue weighted by Gasteiger charge is -2.51. The maximum Gasteiger partial charge on any atom is 0.167 e. The number of hydrogen-bond acceptors (Lipinski definition) is 2. The SMILES string of the molecule is CCC1(C)C(N)CC1Oc1ccc(F)cc1F. The molecule has 3 unspecified atom stereocenters. The van der Waals surface area contributed by atoms with E-state index < -0.39 is 11.6 Å². The lowest BCUT2D eigenvalue weighted by Crippen LogP contribution is -2.61. The summed E-state index contributed by atoms with van der Waals surface area (Å²) < 4.78 is 31.8. The zero-order valence-corrected chi connectivity index (χ0v) is 10.0. The van der Waals surface area contributed by atoms with Gasteiger partial charge in [0.25, 0.3) is 0 Å². The second kappa shape index (κ2) is 4.26. The molecule has 2 N–H and O–H groups in total. The van der Waals surface area contributed by atoms with Crippen LogP contribution in [0.5, 0.6) is 5.75 Å². The van der Waals surface area contributed by atoms with E-state index in [1.165, 1.54) is 12.1 Å². The summed E-state index contributed by atoms with van der Waals surface area (Å²) in [6.45, 7) is 4.07. The molecule has 1 saturated carbocycles. The molecule has 3 atom stereocenters. The van der Waals surface area contributed by atoms with Crippen molar-refractivity contribution in [3.05, 3.63) is 29.8 Å². The number of ether oxygens (including phenoxy) is 1. The highest BCUT2D eigenvalue weighted by molar-refractivity contribution is 5.26. The van der Waals surface area contributed by atoms with Gasteiger partial charge in [0.1, 0.15) is 11.9 Å². The van der Waals surface area contributed by atoms with Crippen molar-refractivity contribution in [3.8, 4) is 5.75 Å². The van der Waals surface area contributed by atoms with Gasteiger partial charge in [-0.05, 0) is 18.6 Å². The summed E-state index contributed by atoms with van der Waals surface area (Å²) >= 11 is 0. The van der Waals surface area contributed by atoms with Crippen molar-refractivity contribution >= 4 is 0 Å². The van der Waals surface area contributed by atoms with Gasteiger partial charge < -0.3 is 10.5 Å². The van der Waals surface area contributed by atoms with Crippen LogP contribution < -0.4 is 10.5 Å². The van der Waals surface area contributed by atoms with E-state index in [2.05, 4.69) is 0 Å². The second-order valence-corrected chi connectivity index (χ2v) is 4.88. The molecule has 0 aromatic heterocycles. The average molecular weight is 241 g/mol. The Morgan fingerprint density at radius 3 is 2.71 bits per heavy atom. The predicted octanol–water partition coefficient (Wildman–Crippen LogP) is 2.86. The number of benzene rings is 1. The van der Waals surface area contributed by atoms with E-state index in [4.69, 9.17) is 10.5 Å². The molecule has 0 aliphatic heterocycles. The molecule has 0 amide bonds. The third-order valence-electron chi connectivity index (χ3n) is 3.98. The van der Waals surface area contributed by atoms with Gasteiger partial charge in [-0.3, -0.25) is 0 Å². The Balaban J connectivity index is 2.12. The molecule has 2 rings (SSSR count). The van der Waals surface area contributed by atoms with E-state index in [1.54, 1.807) is 0 Å². The van der Waals surface area contributed by atoms with E-state index in [1.807, 2.05) is 13.8 Å². The largest absolute Gasteiger partial charge is 0.487 e. The summed E-state index contributed by atoms with van der Waals surface area (Å²) in [4.78, 5) is 0. The van der Waals surface area contributed by atoms with Crippen LogP contribution in [0.4, 0.5) is 8.78 Å². The number of halogens is 2. The van der Waals surface area contributed by atoms with Crippen molar-refractivity contribution < 1.29 is 13.5 Å². The first-order valence-corrected chi connectivity index (χ1v) is 5.84. The quantitative estimate of drug-likeness (QED) is 0.883. The molecule has 0 heterocycles. The van der Waals surface area contributed by atoms with E-state index in [-0.39, 0.29) is 23.3 Å². The zero-order valence-electron chi connectivity index (χ0n) is 10.0. The Labute approximate surface area is 99.8 Å². The van der Waals surface area contributed by atoms with Crippen LogP contribution >= 0.6 is 0 Å². The summed E-state index contributed by atoms with van der Waals surface area (Å²) in [7, 11) is 0. The molecule has 1 aliphatic carbocycles. The molecule has 1 aromatic rings. The lowest BCUT2D eigenvalue weighted by atomic mass is 9.62. The number of rotatable bonds is 3. The van der Waals surface area contributed by atoms with Crippen LogP contribution in [0.2, 0.25) is 0 Å². The van der Waals surface area contributed by atoms with Gasteiger partial charge in [0.15, 0.2) is 11.6 Å². The Morgan fingerprint density at radius 2 is 2.18 bits per heavy atom. The van der Waals surface area contributed by atoms with Crippen molar-refractivity contribution in [2.45, 2.75) is 38.8 Å². The van der Waals surface area contributed by atoms with Gasteiger partial charge in [0, 0.05) is 23.9 Å². The summed E-state index contributed by atoms with van der Waals surface area (Å²) in [6.07, 6.45) is 1.49. The molecular weight excluding hydrogens is 224 g/mol. The second-order valence-electron chi connectivity index (χ2n) is 4.88. The molecule has 0 spiro atoms. The highest BCUT2D eigenvalue weighted by Crippen LogP contribution is 2.45.